The maximum Gasteiger partial charge on any atom is 0.481 e. The SMILES string of the molecule is C[C@H](NC(=O)[C@H](CCCCN)NC(=O)[C@H](C)NC(=O)[C@@H](NC(=O)[C@H](CCN)NC(=O)c1ccc(-c2ccc(Cl)cc2)nc1)[C@@H](C)O)B1O[C@@H]2C[C@@H]3C[C@@H](C3(C)C)[C@]2(C)O1. The Morgan fingerprint density at radius 3 is 2.14 bits per heavy atom. The third kappa shape index (κ3) is 10.6. The Balaban J connectivity index is 1.15. The van der Waals surface area contributed by atoms with E-state index in [9.17, 15) is 29.1 Å². The van der Waals surface area contributed by atoms with Crippen LogP contribution in [-0.2, 0) is 28.5 Å². The van der Waals surface area contributed by atoms with Crippen LogP contribution in [0.3, 0.4) is 0 Å². The van der Waals surface area contributed by atoms with Crippen LogP contribution < -0.4 is 38.1 Å². The van der Waals surface area contributed by atoms with E-state index in [0.29, 0.717) is 41.9 Å². The molecule has 2 bridgehead atoms. The molecular weight excluding hydrogens is 779 g/mol. The lowest BCUT2D eigenvalue weighted by atomic mass is 9.43. The van der Waals surface area contributed by atoms with Crippen molar-refractivity contribution in [3.05, 3.63) is 53.2 Å². The molecule has 6 rings (SSSR count). The fourth-order valence-corrected chi connectivity index (χ4v) is 8.72. The van der Waals surface area contributed by atoms with E-state index in [0.717, 1.165) is 18.4 Å². The van der Waals surface area contributed by atoms with Crippen molar-refractivity contribution in [1.29, 1.82) is 0 Å². The van der Waals surface area contributed by atoms with Crippen molar-refractivity contribution < 1.29 is 38.4 Å². The first-order valence-electron chi connectivity index (χ1n) is 20.5. The van der Waals surface area contributed by atoms with Gasteiger partial charge in [0.1, 0.15) is 24.2 Å². The summed E-state index contributed by atoms with van der Waals surface area (Å²) >= 11 is 5.97. The minimum absolute atomic E-state index is 0.0189. The largest absolute Gasteiger partial charge is 0.481 e. The number of benzene rings is 1. The lowest BCUT2D eigenvalue weighted by molar-refractivity contribution is -0.199. The van der Waals surface area contributed by atoms with Gasteiger partial charge in [-0.2, -0.15) is 0 Å². The summed E-state index contributed by atoms with van der Waals surface area (Å²) < 4.78 is 12.9. The number of nitrogens with one attached hydrogen (secondary N) is 5. The lowest BCUT2D eigenvalue weighted by Crippen LogP contribution is -2.65. The molecule has 322 valence electrons. The third-order valence-electron chi connectivity index (χ3n) is 12.4. The first kappa shape index (κ1) is 46.0. The minimum Gasteiger partial charge on any atom is -0.404 e. The minimum atomic E-state index is -1.51. The lowest BCUT2D eigenvalue weighted by Gasteiger charge is -2.64. The number of hydrogen-bond acceptors (Lipinski definition) is 11. The van der Waals surface area contributed by atoms with E-state index in [-0.39, 0.29) is 36.5 Å². The van der Waals surface area contributed by atoms with Crippen LogP contribution in [0.2, 0.25) is 5.02 Å². The van der Waals surface area contributed by atoms with Crippen LogP contribution in [0.4, 0.5) is 0 Å². The Hall–Kier alpha value is -4.13. The second kappa shape index (κ2) is 19.5. The highest BCUT2D eigenvalue weighted by molar-refractivity contribution is 6.47. The molecule has 2 heterocycles. The van der Waals surface area contributed by atoms with Crippen LogP contribution in [0.1, 0.15) is 90.4 Å². The number of nitrogens with zero attached hydrogens (tertiary/aromatic N) is 1. The molecule has 1 aliphatic heterocycles. The summed E-state index contributed by atoms with van der Waals surface area (Å²) in [6.07, 6.45) is 3.41. The molecular formula is C41H60BClN8O8. The van der Waals surface area contributed by atoms with E-state index in [4.69, 9.17) is 32.4 Å². The van der Waals surface area contributed by atoms with Gasteiger partial charge in [0.25, 0.3) is 5.91 Å². The molecule has 10 N–H and O–H groups in total. The molecule has 18 heteroatoms. The number of rotatable bonds is 19. The maximum atomic E-state index is 13.7. The molecule has 0 spiro atoms. The van der Waals surface area contributed by atoms with Crippen LogP contribution >= 0.6 is 11.6 Å². The van der Waals surface area contributed by atoms with Gasteiger partial charge >= 0.3 is 7.12 Å². The van der Waals surface area contributed by atoms with E-state index < -0.39 is 78.5 Å². The predicted molar refractivity (Wildman–Crippen MR) is 223 cm³/mol. The number of hydrogen-bond donors (Lipinski definition) is 8. The highest BCUT2D eigenvalue weighted by Crippen LogP contribution is 2.65. The van der Waals surface area contributed by atoms with E-state index >= 15 is 0 Å². The number of amides is 5. The molecule has 10 atom stereocenters. The van der Waals surface area contributed by atoms with Crippen molar-refractivity contribution in [1.82, 2.24) is 31.6 Å². The average Bonchev–Trinajstić information content (AvgIpc) is 3.57. The summed E-state index contributed by atoms with van der Waals surface area (Å²) in [6, 6.07) is 5.45. The first-order chi connectivity index (χ1) is 27.9. The molecule has 2 aromatic rings. The van der Waals surface area contributed by atoms with Gasteiger partial charge < -0.3 is 52.5 Å². The zero-order valence-electron chi connectivity index (χ0n) is 34.8. The molecule has 59 heavy (non-hydrogen) atoms. The summed E-state index contributed by atoms with van der Waals surface area (Å²) in [5.74, 6) is -2.92. The summed E-state index contributed by atoms with van der Waals surface area (Å²) in [6.45, 7) is 11.6. The van der Waals surface area contributed by atoms with Gasteiger partial charge in [0.15, 0.2) is 0 Å². The topological polar surface area (TPSA) is 249 Å². The summed E-state index contributed by atoms with van der Waals surface area (Å²) in [7, 11) is -0.655. The molecule has 0 unspecified atom stereocenters. The van der Waals surface area contributed by atoms with Gasteiger partial charge in [-0.1, -0.05) is 37.6 Å². The van der Waals surface area contributed by atoms with Crippen LogP contribution in [0.25, 0.3) is 11.3 Å². The monoisotopic (exact) mass is 838 g/mol. The van der Waals surface area contributed by atoms with Crippen molar-refractivity contribution in [3.8, 4) is 11.3 Å². The second-order valence-corrected chi connectivity index (χ2v) is 17.4. The summed E-state index contributed by atoms with van der Waals surface area (Å²) in [5.41, 5.74) is 12.8. The van der Waals surface area contributed by atoms with E-state index in [1.54, 1.807) is 36.4 Å². The first-order valence-corrected chi connectivity index (χ1v) is 20.9. The molecule has 5 amide bonds. The van der Waals surface area contributed by atoms with Crippen molar-refractivity contribution >= 4 is 48.3 Å². The van der Waals surface area contributed by atoms with Crippen molar-refractivity contribution in [3.63, 3.8) is 0 Å². The fraction of sp³-hybridized carbons (Fsp3) is 0.610. The maximum absolute atomic E-state index is 13.7. The number of unbranched alkanes of at least 4 members (excludes halogenated alkanes) is 1. The van der Waals surface area contributed by atoms with Gasteiger partial charge in [0, 0.05) is 16.8 Å². The van der Waals surface area contributed by atoms with Gasteiger partial charge in [0.2, 0.25) is 23.6 Å². The number of aromatic nitrogens is 1. The van der Waals surface area contributed by atoms with Gasteiger partial charge in [0.05, 0.1) is 35.0 Å². The predicted octanol–water partition coefficient (Wildman–Crippen LogP) is 1.61. The Morgan fingerprint density at radius 2 is 1.53 bits per heavy atom. The van der Waals surface area contributed by atoms with Crippen molar-refractivity contribution in [2.45, 2.75) is 128 Å². The van der Waals surface area contributed by atoms with E-state index in [2.05, 4.69) is 52.3 Å². The number of nitrogens with two attached hydrogens (primary N) is 2. The molecule has 4 aliphatic rings. The van der Waals surface area contributed by atoms with Gasteiger partial charge in [-0.15, -0.1) is 0 Å². The van der Waals surface area contributed by atoms with Crippen LogP contribution in [0.5, 0.6) is 0 Å². The highest BCUT2D eigenvalue weighted by Gasteiger charge is 2.68. The quantitative estimate of drug-likeness (QED) is 0.0746. The van der Waals surface area contributed by atoms with Gasteiger partial charge in [-0.05, 0) is 121 Å². The Morgan fingerprint density at radius 1 is 0.847 bits per heavy atom. The molecule has 3 saturated carbocycles. The zero-order valence-corrected chi connectivity index (χ0v) is 35.5. The number of pyridine rings is 1. The number of carbonyl (C=O) groups excluding carboxylic acids is 5. The summed E-state index contributed by atoms with van der Waals surface area (Å²) in [4.78, 5) is 71.5. The van der Waals surface area contributed by atoms with Crippen LogP contribution in [0, 0.1) is 17.3 Å². The van der Waals surface area contributed by atoms with Crippen molar-refractivity contribution in [2.24, 2.45) is 28.7 Å². The normalized spacial score (nSPS) is 24.5. The molecule has 4 fully saturated rings. The zero-order chi connectivity index (χ0) is 43.2. The smallest absolute Gasteiger partial charge is 0.404 e. The number of halogens is 1. The summed E-state index contributed by atoms with van der Waals surface area (Å²) in [5, 5.41) is 24.5. The molecule has 1 aromatic heterocycles. The van der Waals surface area contributed by atoms with Crippen LogP contribution in [-0.4, -0.2) is 108 Å². The Bertz CT molecular complexity index is 1820. The van der Waals surface area contributed by atoms with E-state index in [1.165, 1.54) is 20.0 Å². The number of aliphatic hydroxyl groups is 1. The van der Waals surface area contributed by atoms with Gasteiger partial charge in [-0.3, -0.25) is 29.0 Å². The fourth-order valence-electron chi connectivity index (χ4n) is 8.59. The molecule has 1 saturated heterocycles. The molecule has 3 aliphatic carbocycles. The number of carbonyl (C=O) groups is 5. The molecule has 16 nitrogen and oxygen atoms in total. The van der Waals surface area contributed by atoms with E-state index in [1.807, 2.05) is 6.92 Å². The van der Waals surface area contributed by atoms with Crippen LogP contribution in [0.15, 0.2) is 42.6 Å². The standard InChI is InChI=1S/C41H60BClN8O8/c1-22(35(53)49-30(9-7-8-17-44)37(55)48-24(3)42-58-33-20-27-19-32(40(27,4)5)41(33,6)59-42)47-39(57)34(23(2)52)51-38(56)31(16-18-45)50-36(54)26-12-15-29(46-21-26)25-10-13-28(43)14-11-25/h10-15,21-24,27,30-34,52H,7-9,16-20,44-45H2,1-6H3,(H,47,57)(H,48,55)(H,49,53)(H,50,54)(H,51,56)/t22-,23+,24-,27-,30-,31-,32-,33+,34-,41-/m0/s1. The highest BCUT2D eigenvalue weighted by atomic mass is 35.5. The Labute approximate surface area is 351 Å². The Kier molecular flexibility index (Phi) is 15.2. The number of aliphatic hydroxyl groups excluding tert-OH is 1. The average molecular weight is 839 g/mol. The molecule has 0 radical (unpaired) electrons. The molecule has 1 aromatic carbocycles. The van der Waals surface area contributed by atoms with Crippen molar-refractivity contribution in [2.75, 3.05) is 13.1 Å². The van der Waals surface area contributed by atoms with Gasteiger partial charge in [-0.25, -0.2) is 0 Å². The second-order valence-electron chi connectivity index (χ2n) is 17.0. The third-order valence-corrected chi connectivity index (χ3v) is 12.6.